The number of nitrogens with one attached hydrogen (secondary N) is 1. The molecule has 8 nitrogen and oxygen atoms in total. The van der Waals surface area contributed by atoms with Gasteiger partial charge in [0.25, 0.3) is 0 Å². The van der Waals surface area contributed by atoms with Gasteiger partial charge in [0, 0.05) is 32.6 Å². The zero-order valence-electron chi connectivity index (χ0n) is 14.8. The molecule has 0 spiro atoms. The molecule has 2 heterocycles. The molecule has 146 valence electrons. The summed E-state index contributed by atoms with van der Waals surface area (Å²) in [5, 5.41) is 7.33. The van der Waals surface area contributed by atoms with Crippen LogP contribution in [0.1, 0.15) is 12.7 Å². The molecule has 27 heavy (non-hydrogen) atoms. The van der Waals surface area contributed by atoms with Crippen molar-refractivity contribution in [2.75, 3.05) is 31.9 Å². The Bertz CT molecular complexity index is 910. The van der Waals surface area contributed by atoms with Crippen molar-refractivity contribution in [1.29, 1.82) is 0 Å². The highest BCUT2D eigenvalue weighted by Crippen LogP contribution is 2.21. The number of amides is 1. The van der Waals surface area contributed by atoms with E-state index in [1.54, 1.807) is 4.90 Å². The molecule has 0 radical (unpaired) electrons. The van der Waals surface area contributed by atoms with Crippen LogP contribution in [0, 0.1) is 5.82 Å². The number of rotatable bonds is 6. The molecule has 2 aromatic rings. The zero-order valence-corrected chi connectivity index (χ0v) is 16.4. The topological polar surface area (TPSA) is 99.3 Å². The van der Waals surface area contributed by atoms with Gasteiger partial charge in [-0.1, -0.05) is 30.8 Å². The molecule has 0 unspecified atom stereocenters. The van der Waals surface area contributed by atoms with E-state index in [-0.39, 0.29) is 42.7 Å². The average Bonchev–Trinajstić information content (AvgIpc) is 3.14. The van der Waals surface area contributed by atoms with Crippen molar-refractivity contribution < 1.29 is 17.6 Å². The number of benzene rings is 1. The lowest BCUT2D eigenvalue weighted by Gasteiger charge is -2.34. The fourth-order valence-electron chi connectivity index (χ4n) is 2.69. The third-order valence-electron chi connectivity index (χ3n) is 4.22. The maximum Gasteiger partial charge on any atom is 0.246 e. The smallest absolute Gasteiger partial charge is 0.246 e. The van der Waals surface area contributed by atoms with Crippen LogP contribution >= 0.6 is 11.8 Å². The van der Waals surface area contributed by atoms with Crippen LogP contribution in [0.3, 0.4) is 0 Å². The fourth-order valence-corrected chi connectivity index (χ4v) is 4.90. The molecule has 1 amide bonds. The van der Waals surface area contributed by atoms with Crippen LogP contribution in [0.15, 0.2) is 34.3 Å². The van der Waals surface area contributed by atoms with Gasteiger partial charge >= 0.3 is 0 Å². The summed E-state index contributed by atoms with van der Waals surface area (Å²) in [5.74, 6) is 0.0641. The van der Waals surface area contributed by atoms with Gasteiger partial charge in [-0.3, -0.25) is 9.89 Å². The van der Waals surface area contributed by atoms with E-state index in [9.17, 15) is 17.6 Å². The number of hydrogen-bond acceptors (Lipinski definition) is 6. The SMILES string of the molecule is CCc1nc(SCC(=O)N2CCN(S(=O)(=O)c3ccccc3F)CC2)n[nH]1. The molecule has 11 heteroatoms. The summed E-state index contributed by atoms with van der Waals surface area (Å²) in [7, 11) is -3.91. The summed E-state index contributed by atoms with van der Waals surface area (Å²) < 4.78 is 40.2. The van der Waals surface area contributed by atoms with Crippen molar-refractivity contribution in [2.45, 2.75) is 23.4 Å². The van der Waals surface area contributed by atoms with Crippen molar-refractivity contribution in [3.8, 4) is 0 Å². The number of carbonyl (C=O) groups is 1. The van der Waals surface area contributed by atoms with Gasteiger partial charge in [0.2, 0.25) is 21.1 Å². The summed E-state index contributed by atoms with van der Waals surface area (Å²) in [6.45, 7) is 2.75. The summed E-state index contributed by atoms with van der Waals surface area (Å²) in [6.07, 6.45) is 0.736. The van der Waals surface area contributed by atoms with Gasteiger partial charge < -0.3 is 4.90 Å². The van der Waals surface area contributed by atoms with Crippen LogP contribution < -0.4 is 0 Å². The van der Waals surface area contributed by atoms with Crippen LogP contribution in [0.5, 0.6) is 0 Å². The Kier molecular flexibility index (Phi) is 6.12. The van der Waals surface area contributed by atoms with E-state index < -0.39 is 15.8 Å². The molecule has 1 aromatic carbocycles. The molecule has 3 rings (SSSR count). The molecule has 1 aliphatic heterocycles. The fraction of sp³-hybridized carbons (Fsp3) is 0.438. The Hall–Kier alpha value is -1.98. The van der Waals surface area contributed by atoms with Crippen molar-refractivity contribution in [1.82, 2.24) is 24.4 Å². The van der Waals surface area contributed by atoms with E-state index >= 15 is 0 Å². The molecule has 1 aromatic heterocycles. The molecule has 1 aliphatic rings. The zero-order chi connectivity index (χ0) is 19.4. The van der Waals surface area contributed by atoms with Crippen LogP contribution in [0.25, 0.3) is 0 Å². The number of aryl methyl sites for hydroxylation is 1. The second kappa shape index (κ2) is 8.36. The minimum absolute atomic E-state index is 0.106. The highest BCUT2D eigenvalue weighted by molar-refractivity contribution is 7.99. The maximum atomic E-state index is 13.8. The average molecular weight is 414 g/mol. The number of sulfonamides is 1. The Morgan fingerprint density at radius 1 is 1.26 bits per heavy atom. The van der Waals surface area contributed by atoms with Gasteiger partial charge in [-0.05, 0) is 12.1 Å². The number of halogens is 1. The predicted octanol–water partition coefficient (Wildman–Crippen LogP) is 1.13. The van der Waals surface area contributed by atoms with Gasteiger partial charge in [0.05, 0.1) is 5.75 Å². The largest absolute Gasteiger partial charge is 0.339 e. The van der Waals surface area contributed by atoms with Crippen molar-refractivity contribution in [3.05, 3.63) is 35.9 Å². The number of nitrogens with zero attached hydrogens (tertiary/aromatic N) is 4. The summed E-state index contributed by atoms with van der Waals surface area (Å²) in [4.78, 5) is 17.8. The first-order chi connectivity index (χ1) is 12.9. The molecule has 0 atom stereocenters. The molecule has 1 fully saturated rings. The highest BCUT2D eigenvalue weighted by Gasteiger charge is 2.31. The first kappa shape index (κ1) is 19.8. The number of H-pyrrole nitrogens is 1. The number of aromatic nitrogens is 3. The van der Waals surface area contributed by atoms with Gasteiger partial charge in [-0.25, -0.2) is 17.8 Å². The molecule has 0 aliphatic carbocycles. The van der Waals surface area contributed by atoms with Gasteiger partial charge in [0.15, 0.2) is 0 Å². The van der Waals surface area contributed by atoms with E-state index in [2.05, 4.69) is 15.2 Å². The minimum atomic E-state index is -3.91. The first-order valence-electron chi connectivity index (χ1n) is 8.48. The standard InChI is InChI=1S/C16H20FN5O3S2/c1-2-14-18-16(20-19-14)26-11-15(23)21-7-9-22(10-8-21)27(24,25)13-6-4-3-5-12(13)17/h3-6H,2,7-11H2,1H3,(H,18,19,20). The van der Waals surface area contributed by atoms with Crippen molar-refractivity contribution in [3.63, 3.8) is 0 Å². The van der Waals surface area contributed by atoms with Crippen LogP contribution in [0.4, 0.5) is 4.39 Å². The Morgan fingerprint density at radius 3 is 2.59 bits per heavy atom. The third-order valence-corrected chi connectivity index (χ3v) is 6.98. The number of thioether (sulfide) groups is 1. The summed E-state index contributed by atoms with van der Waals surface area (Å²) in [5.41, 5.74) is 0. The molecule has 0 bridgehead atoms. The molecular formula is C16H20FN5O3S2. The molecule has 1 N–H and O–H groups in total. The maximum absolute atomic E-state index is 13.8. The Balaban J connectivity index is 1.55. The lowest BCUT2D eigenvalue weighted by molar-refractivity contribution is -0.129. The van der Waals surface area contributed by atoms with E-state index in [4.69, 9.17) is 0 Å². The Labute approximate surface area is 161 Å². The summed E-state index contributed by atoms with van der Waals surface area (Å²) >= 11 is 1.24. The normalized spacial score (nSPS) is 15.9. The monoisotopic (exact) mass is 413 g/mol. The number of aromatic amines is 1. The van der Waals surface area contributed by atoms with E-state index in [0.717, 1.165) is 18.3 Å². The number of hydrogen-bond donors (Lipinski definition) is 1. The van der Waals surface area contributed by atoms with E-state index in [0.29, 0.717) is 5.16 Å². The van der Waals surface area contributed by atoms with Crippen LogP contribution in [0.2, 0.25) is 0 Å². The van der Waals surface area contributed by atoms with Gasteiger partial charge in [0.1, 0.15) is 16.5 Å². The lowest BCUT2D eigenvalue weighted by atomic mass is 10.3. The molecule has 0 saturated carbocycles. The molecular weight excluding hydrogens is 393 g/mol. The second-order valence-electron chi connectivity index (χ2n) is 5.92. The van der Waals surface area contributed by atoms with E-state index in [1.807, 2.05) is 6.92 Å². The van der Waals surface area contributed by atoms with Crippen LogP contribution in [-0.4, -0.2) is 70.6 Å². The van der Waals surface area contributed by atoms with Gasteiger partial charge in [-0.15, -0.1) is 5.10 Å². The predicted molar refractivity (Wildman–Crippen MR) is 98.2 cm³/mol. The van der Waals surface area contributed by atoms with Crippen molar-refractivity contribution >= 4 is 27.7 Å². The second-order valence-corrected chi connectivity index (χ2v) is 8.77. The lowest BCUT2D eigenvalue weighted by Crippen LogP contribution is -2.51. The first-order valence-corrected chi connectivity index (χ1v) is 10.9. The van der Waals surface area contributed by atoms with Gasteiger partial charge in [-0.2, -0.15) is 4.31 Å². The molecule has 1 saturated heterocycles. The number of piperazine rings is 1. The third kappa shape index (κ3) is 4.47. The number of carbonyl (C=O) groups excluding carboxylic acids is 1. The highest BCUT2D eigenvalue weighted by atomic mass is 32.2. The minimum Gasteiger partial charge on any atom is -0.339 e. The van der Waals surface area contributed by atoms with Crippen molar-refractivity contribution in [2.24, 2.45) is 0 Å². The summed E-state index contributed by atoms with van der Waals surface area (Å²) in [6, 6.07) is 5.30. The quantitative estimate of drug-likeness (QED) is 0.713. The Morgan fingerprint density at radius 2 is 1.96 bits per heavy atom. The van der Waals surface area contributed by atoms with Crippen LogP contribution in [-0.2, 0) is 21.2 Å². The van der Waals surface area contributed by atoms with E-state index in [1.165, 1.54) is 34.3 Å².